The molecule has 0 aromatic rings. The molecule has 0 heterocycles. The summed E-state index contributed by atoms with van der Waals surface area (Å²) in [5.41, 5.74) is 7.06. The Bertz CT molecular complexity index is 566. The van der Waals surface area contributed by atoms with Crippen LogP contribution >= 0.6 is 0 Å². The average Bonchev–Trinajstić information content (AvgIpc) is 2.94. The van der Waals surface area contributed by atoms with Gasteiger partial charge in [-0.2, -0.15) is 5.57 Å². The third kappa shape index (κ3) is 8.89. The van der Waals surface area contributed by atoms with Crippen molar-refractivity contribution in [3.8, 4) is 24.7 Å². The van der Waals surface area contributed by atoms with Crippen molar-refractivity contribution in [2.45, 2.75) is 51.4 Å². The van der Waals surface area contributed by atoms with Gasteiger partial charge in [0.1, 0.15) is 0 Å². The monoisotopic (exact) mass is 396 g/mol. The second-order valence-corrected chi connectivity index (χ2v) is 5.47. The van der Waals surface area contributed by atoms with Crippen LogP contribution in [-0.2, 0) is 31.3 Å². The molecule has 0 aromatic heterocycles. The number of allylic oxidation sites excluding steroid dienone is 4. The van der Waals surface area contributed by atoms with E-state index in [9.17, 15) is 0 Å². The van der Waals surface area contributed by atoms with Gasteiger partial charge < -0.3 is 22.6 Å². The molecule has 0 bridgehead atoms. The summed E-state index contributed by atoms with van der Waals surface area (Å²) < 4.78 is 0. The fraction of sp³-hybridized carbons (Fsp3) is 0.421. The molecule has 0 saturated carbocycles. The molecular formula is C19H21ClO4Ti. The number of carboxylic acids is 2. The maximum absolute atomic E-state index is 9.13. The summed E-state index contributed by atoms with van der Waals surface area (Å²) >= 11 is 0. The molecule has 0 aromatic carbocycles. The molecule has 25 heavy (non-hydrogen) atoms. The number of carbonyl (C=O) groups is 2. The first kappa shape index (κ1) is 25.7. The minimum Gasteiger partial charge on any atom is -1.00 e. The first-order chi connectivity index (χ1) is 11.0. The predicted octanol–water partition coefficient (Wildman–Crippen LogP) is 0.355. The molecule has 6 heteroatoms. The molecular weight excluding hydrogens is 376 g/mol. The minimum absolute atomic E-state index is 0. The third-order valence-corrected chi connectivity index (χ3v) is 4.01. The normalized spacial score (nSPS) is 16.2. The number of hydrogen-bond donors (Lipinski definition) is 2. The first-order valence-electron chi connectivity index (χ1n) is 7.65. The summed E-state index contributed by atoms with van der Waals surface area (Å²) in [5, 5.41) is 15.0. The fourth-order valence-corrected chi connectivity index (χ4v) is 3.12. The van der Waals surface area contributed by atoms with Crippen molar-refractivity contribution >= 4 is 11.9 Å². The van der Waals surface area contributed by atoms with Crippen LogP contribution in [0.4, 0.5) is 0 Å². The van der Waals surface area contributed by atoms with Crippen LogP contribution in [0.25, 0.3) is 0 Å². The molecule has 0 atom stereocenters. The summed E-state index contributed by atoms with van der Waals surface area (Å²) in [4.78, 5) is 18.3. The van der Waals surface area contributed by atoms with Crippen molar-refractivity contribution in [2.24, 2.45) is 0 Å². The number of fused-ring (bicyclic) bond motifs is 1. The van der Waals surface area contributed by atoms with E-state index in [4.69, 9.17) is 19.8 Å². The summed E-state index contributed by atoms with van der Waals surface area (Å²) in [6.07, 6.45) is 22.2. The van der Waals surface area contributed by atoms with Gasteiger partial charge in [-0.1, -0.05) is 24.8 Å². The maximum atomic E-state index is 9.13. The largest absolute Gasteiger partial charge is 2.00 e. The molecule has 0 radical (unpaired) electrons. The van der Waals surface area contributed by atoms with Gasteiger partial charge in [0.05, 0.1) is 0 Å². The van der Waals surface area contributed by atoms with E-state index in [0.717, 1.165) is 0 Å². The molecule has 0 amide bonds. The van der Waals surface area contributed by atoms with E-state index in [1.165, 1.54) is 63.2 Å². The van der Waals surface area contributed by atoms with Gasteiger partial charge in [-0.15, -0.1) is 24.8 Å². The Kier molecular flexibility index (Phi) is 14.0. The van der Waals surface area contributed by atoms with Gasteiger partial charge in [-0.05, 0) is 25.7 Å². The van der Waals surface area contributed by atoms with E-state index < -0.39 is 11.9 Å². The molecule has 132 valence electrons. The Morgan fingerprint density at radius 2 is 1.40 bits per heavy atom. The van der Waals surface area contributed by atoms with Crippen LogP contribution in [0.15, 0.2) is 22.3 Å². The summed E-state index contributed by atoms with van der Waals surface area (Å²) in [5.74, 6) is 0.454. The molecule has 0 fully saturated rings. The fourth-order valence-electron chi connectivity index (χ4n) is 3.12. The van der Waals surface area contributed by atoms with Gasteiger partial charge >= 0.3 is 33.7 Å². The van der Waals surface area contributed by atoms with Gasteiger partial charge in [-0.25, -0.2) is 21.6 Å². The minimum atomic E-state index is -1.22. The van der Waals surface area contributed by atoms with E-state index in [0.29, 0.717) is 0 Å². The van der Waals surface area contributed by atoms with Crippen molar-refractivity contribution in [3.63, 3.8) is 0 Å². The van der Waals surface area contributed by atoms with Crippen molar-refractivity contribution < 1.29 is 53.9 Å². The number of terminal acetylenes is 2. The number of hydrogen-bond acceptors (Lipinski definition) is 2. The quantitative estimate of drug-likeness (QED) is 0.352. The number of rotatable bonds is 0. The Morgan fingerprint density at radius 1 is 0.920 bits per heavy atom. The van der Waals surface area contributed by atoms with E-state index in [1.54, 1.807) is 22.3 Å². The smallest absolute Gasteiger partial charge is 1.00 e. The predicted molar refractivity (Wildman–Crippen MR) is 88.2 cm³/mol. The van der Waals surface area contributed by atoms with Crippen LogP contribution < -0.4 is 12.4 Å². The van der Waals surface area contributed by atoms with Gasteiger partial charge in [0.2, 0.25) is 0 Å². The molecule has 0 spiro atoms. The zero-order valence-electron chi connectivity index (χ0n) is 14.0. The van der Waals surface area contributed by atoms with E-state index in [2.05, 4.69) is 19.3 Å². The van der Waals surface area contributed by atoms with Gasteiger partial charge in [0, 0.05) is 11.8 Å². The Balaban J connectivity index is 0. The van der Waals surface area contributed by atoms with Gasteiger partial charge in [0.15, 0.2) is 0 Å². The molecule has 4 nitrogen and oxygen atoms in total. The topological polar surface area (TPSA) is 74.6 Å². The molecule has 2 N–H and O–H groups in total. The third-order valence-electron chi connectivity index (χ3n) is 4.01. The second kappa shape index (κ2) is 13.7. The molecule has 3 aliphatic rings. The van der Waals surface area contributed by atoms with Crippen LogP contribution in [0, 0.1) is 31.1 Å². The number of aliphatic carboxylic acids is 2. The van der Waals surface area contributed by atoms with Crippen LogP contribution in [-0.4, -0.2) is 22.2 Å². The van der Waals surface area contributed by atoms with Crippen molar-refractivity contribution in [3.05, 3.63) is 28.7 Å². The van der Waals surface area contributed by atoms with E-state index in [1.807, 2.05) is 0 Å². The molecule has 3 rings (SSSR count). The molecule has 3 aliphatic carbocycles. The molecule has 0 unspecified atom stereocenters. The summed E-state index contributed by atoms with van der Waals surface area (Å²) in [6, 6.07) is 0. The van der Waals surface area contributed by atoms with Crippen LogP contribution in [0.2, 0.25) is 0 Å². The van der Waals surface area contributed by atoms with E-state index in [-0.39, 0.29) is 34.1 Å². The van der Waals surface area contributed by atoms with Crippen molar-refractivity contribution in [1.82, 2.24) is 0 Å². The van der Waals surface area contributed by atoms with Crippen molar-refractivity contribution in [2.75, 3.05) is 0 Å². The zero-order chi connectivity index (χ0) is 17.2. The Hall–Kier alpha value is -1.59. The van der Waals surface area contributed by atoms with Crippen LogP contribution in [0.5, 0.6) is 0 Å². The average molecular weight is 397 g/mol. The van der Waals surface area contributed by atoms with Crippen LogP contribution in [0.3, 0.4) is 0 Å². The van der Waals surface area contributed by atoms with Crippen LogP contribution in [0.1, 0.15) is 51.4 Å². The SMILES string of the molecule is C#CC(=O)O.C#CC(=O)O.[CH-]1CCCC2=C1CC1=C2CCCC1.[Cl-].[Ti+2]. The number of carboxylic acid groups (broad SMARTS) is 2. The maximum Gasteiger partial charge on any atom is 2.00 e. The Morgan fingerprint density at radius 3 is 1.92 bits per heavy atom. The van der Waals surface area contributed by atoms with Crippen molar-refractivity contribution in [1.29, 1.82) is 0 Å². The summed E-state index contributed by atoms with van der Waals surface area (Å²) in [6.45, 7) is 0. The number of halogens is 1. The molecule has 0 saturated heterocycles. The Labute approximate surface area is 170 Å². The summed E-state index contributed by atoms with van der Waals surface area (Å²) in [7, 11) is 0. The van der Waals surface area contributed by atoms with Gasteiger partial charge in [0.25, 0.3) is 0 Å². The first-order valence-corrected chi connectivity index (χ1v) is 7.65. The zero-order valence-corrected chi connectivity index (χ0v) is 16.3. The standard InChI is InChI=1S/C13H17.2C3H2O2.ClH.Ti/c1-3-7-12-10(5-1)9-11-6-2-4-8-13(11)12;2*1-2-3(4)5;;/h5H,1-4,6-9H2;2*1H,(H,4,5);1H;/q-1;;;;+2/p-1. The van der Waals surface area contributed by atoms with E-state index >= 15 is 0 Å². The second-order valence-electron chi connectivity index (χ2n) is 5.47. The van der Waals surface area contributed by atoms with Gasteiger partial charge in [-0.3, -0.25) is 0 Å². The molecule has 0 aliphatic heterocycles.